The first kappa shape index (κ1) is 24.8. The van der Waals surface area contributed by atoms with E-state index in [1.165, 1.54) is 6.92 Å². The summed E-state index contributed by atoms with van der Waals surface area (Å²) in [5.74, 6) is -0.933. The number of amides is 1. The molecule has 0 aromatic rings. The van der Waals surface area contributed by atoms with Crippen LogP contribution in [0, 0.1) is 0 Å². The highest BCUT2D eigenvalue weighted by Gasteiger charge is 2.41. The van der Waals surface area contributed by atoms with Gasteiger partial charge in [-0.1, -0.05) is 26.8 Å². The monoisotopic (exact) mass is 387 g/mol. The van der Waals surface area contributed by atoms with Crippen LogP contribution in [0.5, 0.6) is 0 Å². The molecule has 6 nitrogen and oxygen atoms in total. The average molecular weight is 388 g/mol. The van der Waals surface area contributed by atoms with Crippen molar-refractivity contribution in [1.82, 2.24) is 5.32 Å². The van der Waals surface area contributed by atoms with Gasteiger partial charge in [0.2, 0.25) is 5.91 Å². The Morgan fingerprint density at radius 2 is 1.69 bits per heavy atom. The van der Waals surface area contributed by atoms with Crippen molar-refractivity contribution in [1.29, 1.82) is 0 Å². The first-order chi connectivity index (χ1) is 11.5. The molecule has 0 bridgehead atoms. The van der Waals surface area contributed by atoms with Gasteiger partial charge in [0.05, 0.1) is 12.1 Å². The molecule has 0 heterocycles. The molecule has 0 spiro atoms. The number of ether oxygens (including phenoxy) is 1. The van der Waals surface area contributed by atoms with E-state index in [0.29, 0.717) is 0 Å². The van der Waals surface area contributed by atoms with E-state index in [1.54, 1.807) is 26.8 Å². The van der Waals surface area contributed by atoms with Crippen molar-refractivity contribution in [3.63, 3.8) is 0 Å². The van der Waals surface area contributed by atoms with E-state index in [0.717, 1.165) is 0 Å². The van der Waals surface area contributed by atoms with Gasteiger partial charge in [-0.05, 0) is 38.9 Å². The van der Waals surface area contributed by atoms with Crippen molar-refractivity contribution in [3.8, 4) is 0 Å². The predicted molar refractivity (Wildman–Crippen MR) is 106 cm³/mol. The first-order valence-corrected chi connectivity index (χ1v) is 11.9. The van der Waals surface area contributed by atoms with Crippen molar-refractivity contribution < 1.29 is 23.9 Å². The fourth-order valence-electron chi connectivity index (χ4n) is 2.05. The first-order valence-electron chi connectivity index (χ1n) is 8.98. The second kappa shape index (κ2) is 9.15. The minimum atomic E-state index is -2.21. The maximum Gasteiger partial charge on any atom is 0.335 e. The van der Waals surface area contributed by atoms with Gasteiger partial charge in [0.25, 0.3) is 0 Å². The Morgan fingerprint density at radius 1 is 1.19 bits per heavy atom. The standard InChI is InChI=1S/C19H37NO5Si/c1-11-14(20-13(2)21)16(25-26(9,10)19(6,7)8)12-15(22)17(23)24-18(3,4)5/h11,14-16,22H,1,12H2,2-10H3,(H,20,21)/t14-,15+,16-/m0/s1. The number of carbonyl (C=O) groups excluding carboxylic acids is 2. The SMILES string of the molecule is C=C[C@H](NC(C)=O)[C@H](C[C@@H](O)C(=O)OC(C)(C)C)O[Si](C)(C)C(C)(C)C. The molecular formula is C19H37NO5Si. The van der Waals surface area contributed by atoms with Crippen LogP contribution in [-0.2, 0) is 18.8 Å². The zero-order chi connectivity index (χ0) is 20.9. The highest BCUT2D eigenvalue weighted by atomic mass is 28.4. The Labute approximate surface area is 159 Å². The van der Waals surface area contributed by atoms with Crippen LogP contribution in [-0.4, -0.2) is 49.2 Å². The molecule has 0 aliphatic rings. The second-order valence-corrected chi connectivity index (χ2v) is 13.9. The molecular weight excluding hydrogens is 350 g/mol. The van der Waals surface area contributed by atoms with Gasteiger partial charge in [-0.3, -0.25) is 4.79 Å². The molecule has 0 fully saturated rings. The zero-order valence-electron chi connectivity index (χ0n) is 17.8. The summed E-state index contributed by atoms with van der Waals surface area (Å²) in [7, 11) is -2.21. The Balaban J connectivity index is 5.48. The van der Waals surface area contributed by atoms with Gasteiger partial charge in [-0.2, -0.15) is 0 Å². The summed E-state index contributed by atoms with van der Waals surface area (Å²) in [6.07, 6.45) is -0.348. The molecule has 0 saturated carbocycles. The van der Waals surface area contributed by atoms with Crippen molar-refractivity contribution in [2.45, 2.75) is 96.9 Å². The van der Waals surface area contributed by atoms with Gasteiger partial charge in [-0.15, -0.1) is 6.58 Å². The van der Waals surface area contributed by atoms with E-state index in [-0.39, 0.29) is 17.4 Å². The van der Waals surface area contributed by atoms with Crippen LogP contribution in [0.15, 0.2) is 12.7 Å². The van der Waals surface area contributed by atoms with Crippen LogP contribution in [0.25, 0.3) is 0 Å². The normalized spacial score (nSPS) is 16.4. The second-order valence-electron chi connectivity index (χ2n) is 9.16. The molecule has 2 N–H and O–H groups in total. The summed E-state index contributed by atoms with van der Waals surface area (Å²) >= 11 is 0. The Hall–Kier alpha value is -1.18. The van der Waals surface area contributed by atoms with E-state index in [2.05, 4.69) is 45.8 Å². The fraction of sp³-hybridized carbons (Fsp3) is 0.789. The molecule has 0 aromatic heterocycles. The molecule has 0 unspecified atom stereocenters. The van der Waals surface area contributed by atoms with Crippen LogP contribution < -0.4 is 5.32 Å². The zero-order valence-corrected chi connectivity index (χ0v) is 18.8. The minimum Gasteiger partial charge on any atom is -0.458 e. The predicted octanol–water partition coefficient (Wildman–Crippen LogP) is 3.16. The third-order valence-electron chi connectivity index (χ3n) is 4.41. The lowest BCUT2D eigenvalue weighted by atomic mass is 10.0. The fourth-order valence-corrected chi connectivity index (χ4v) is 3.40. The van der Waals surface area contributed by atoms with Gasteiger partial charge in [0, 0.05) is 13.3 Å². The Bertz CT molecular complexity index is 505. The average Bonchev–Trinajstić information content (AvgIpc) is 2.40. The number of hydrogen-bond donors (Lipinski definition) is 2. The van der Waals surface area contributed by atoms with Gasteiger partial charge in [0.15, 0.2) is 14.4 Å². The molecule has 3 atom stereocenters. The third-order valence-corrected chi connectivity index (χ3v) is 8.92. The molecule has 0 aliphatic heterocycles. The van der Waals surface area contributed by atoms with E-state index < -0.39 is 38.1 Å². The summed E-state index contributed by atoms with van der Waals surface area (Å²) in [6, 6.07) is -0.515. The number of aliphatic hydroxyl groups excluding tert-OH is 1. The Morgan fingerprint density at radius 3 is 2.04 bits per heavy atom. The van der Waals surface area contributed by atoms with E-state index >= 15 is 0 Å². The molecule has 0 rings (SSSR count). The molecule has 152 valence electrons. The number of hydrogen-bond acceptors (Lipinski definition) is 5. The number of carbonyl (C=O) groups is 2. The lowest BCUT2D eigenvalue weighted by Gasteiger charge is -2.41. The summed E-state index contributed by atoms with van der Waals surface area (Å²) in [6.45, 7) is 20.8. The van der Waals surface area contributed by atoms with E-state index in [9.17, 15) is 14.7 Å². The van der Waals surface area contributed by atoms with Crippen LogP contribution >= 0.6 is 0 Å². The lowest BCUT2D eigenvalue weighted by molar-refractivity contribution is -0.166. The van der Waals surface area contributed by atoms with Crippen molar-refractivity contribution >= 4 is 20.2 Å². The third kappa shape index (κ3) is 8.47. The molecule has 7 heteroatoms. The molecule has 0 saturated heterocycles. The molecule has 0 aliphatic carbocycles. The van der Waals surface area contributed by atoms with Crippen molar-refractivity contribution in [2.75, 3.05) is 0 Å². The Kier molecular flexibility index (Phi) is 8.73. The van der Waals surface area contributed by atoms with Crippen molar-refractivity contribution in [2.24, 2.45) is 0 Å². The number of rotatable bonds is 8. The highest BCUT2D eigenvalue weighted by Crippen LogP contribution is 2.38. The number of esters is 1. The summed E-state index contributed by atoms with van der Waals surface area (Å²) < 4.78 is 11.6. The van der Waals surface area contributed by atoms with Crippen LogP contribution in [0.4, 0.5) is 0 Å². The van der Waals surface area contributed by atoms with Crippen LogP contribution in [0.1, 0.15) is 54.9 Å². The summed E-state index contributed by atoms with van der Waals surface area (Å²) in [4.78, 5) is 23.7. The van der Waals surface area contributed by atoms with Gasteiger partial charge < -0.3 is 19.6 Å². The van der Waals surface area contributed by atoms with Gasteiger partial charge in [-0.25, -0.2) is 4.79 Å². The molecule has 0 radical (unpaired) electrons. The highest BCUT2D eigenvalue weighted by molar-refractivity contribution is 6.74. The van der Waals surface area contributed by atoms with E-state index in [4.69, 9.17) is 9.16 Å². The lowest BCUT2D eigenvalue weighted by Crippen LogP contribution is -2.52. The minimum absolute atomic E-state index is 0.0123. The largest absolute Gasteiger partial charge is 0.458 e. The maximum absolute atomic E-state index is 12.2. The van der Waals surface area contributed by atoms with E-state index in [1.807, 2.05) is 0 Å². The maximum atomic E-state index is 12.2. The molecule has 0 aromatic carbocycles. The van der Waals surface area contributed by atoms with Crippen LogP contribution in [0.3, 0.4) is 0 Å². The summed E-state index contributed by atoms with van der Waals surface area (Å²) in [5.41, 5.74) is -0.691. The van der Waals surface area contributed by atoms with Gasteiger partial charge in [0.1, 0.15) is 5.60 Å². The van der Waals surface area contributed by atoms with Crippen LogP contribution in [0.2, 0.25) is 18.1 Å². The molecule has 26 heavy (non-hydrogen) atoms. The smallest absolute Gasteiger partial charge is 0.335 e. The number of aliphatic hydroxyl groups is 1. The summed E-state index contributed by atoms with van der Waals surface area (Å²) in [5, 5.41) is 13.1. The topological polar surface area (TPSA) is 84.9 Å². The van der Waals surface area contributed by atoms with Gasteiger partial charge >= 0.3 is 5.97 Å². The quantitative estimate of drug-likeness (QED) is 0.380. The molecule has 1 amide bonds. The number of nitrogens with one attached hydrogen (secondary N) is 1. The van der Waals surface area contributed by atoms with Crippen molar-refractivity contribution in [3.05, 3.63) is 12.7 Å².